The van der Waals surface area contributed by atoms with E-state index in [9.17, 15) is 4.79 Å². The second-order valence-electron chi connectivity index (χ2n) is 8.38. The van der Waals surface area contributed by atoms with Gasteiger partial charge >= 0.3 is 0 Å². The third-order valence-corrected chi connectivity index (χ3v) is 6.38. The zero-order chi connectivity index (χ0) is 21.9. The third kappa shape index (κ3) is 2.83. The summed E-state index contributed by atoms with van der Waals surface area (Å²) >= 11 is 0. The van der Waals surface area contributed by atoms with E-state index in [4.69, 9.17) is 14.2 Å². The topological polar surface area (TPSA) is 75.8 Å². The van der Waals surface area contributed by atoms with Crippen LogP contribution in [0, 0.1) is 0 Å². The molecule has 5 rings (SSSR count). The van der Waals surface area contributed by atoms with Crippen molar-refractivity contribution >= 4 is 28.2 Å². The summed E-state index contributed by atoms with van der Waals surface area (Å²) in [7, 11) is 4.73. The molecule has 3 heterocycles. The highest BCUT2D eigenvalue weighted by atomic mass is 16.5. The predicted octanol–water partition coefficient (Wildman–Crippen LogP) is 4.31. The lowest BCUT2D eigenvalue weighted by molar-refractivity contribution is 0.0984. The Balaban J connectivity index is 1.57. The second-order valence-corrected chi connectivity index (χ2v) is 8.38. The maximum absolute atomic E-state index is 13.6. The highest BCUT2D eigenvalue weighted by Crippen LogP contribution is 2.46. The molecule has 2 aliphatic heterocycles. The molecule has 0 bridgehead atoms. The van der Waals surface area contributed by atoms with Crippen molar-refractivity contribution in [1.82, 2.24) is 4.98 Å². The van der Waals surface area contributed by atoms with Gasteiger partial charge in [-0.05, 0) is 48.7 Å². The van der Waals surface area contributed by atoms with Crippen molar-refractivity contribution < 1.29 is 19.0 Å². The first-order valence-corrected chi connectivity index (χ1v) is 10.5. The lowest BCUT2D eigenvalue weighted by Crippen LogP contribution is -2.29. The first-order valence-electron chi connectivity index (χ1n) is 10.5. The summed E-state index contributed by atoms with van der Waals surface area (Å²) in [6.07, 6.45) is 0.994. The number of amides is 1. The number of fused-ring (bicyclic) bond motifs is 4. The van der Waals surface area contributed by atoms with Crippen molar-refractivity contribution in [3.63, 3.8) is 0 Å². The number of aromatic amines is 1. The average molecular weight is 421 g/mol. The number of ether oxygens (including phenoxy) is 3. The Morgan fingerprint density at radius 3 is 2.55 bits per heavy atom. The van der Waals surface area contributed by atoms with E-state index >= 15 is 0 Å². The molecule has 31 heavy (non-hydrogen) atoms. The molecule has 0 spiro atoms. The first kappa shape index (κ1) is 19.6. The van der Waals surface area contributed by atoms with E-state index < -0.39 is 0 Å². The van der Waals surface area contributed by atoms with Gasteiger partial charge in [0, 0.05) is 35.3 Å². The Bertz CT molecular complexity index is 1200. The molecule has 1 aromatic heterocycles. The largest absolute Gasteiger partial charge is 0.493 e. The minimum atomic E-state index is -0.0549. The number of aromatic nitrogens is 1. The van der Waals surface area contributed by atoms with Crippen LogP contribution in [-0.2, 0) is 6.42 Å². The zero-order valence-corrected chi connectivity index (χ0v) is 18.5. The number of benzene rings is 2. The molecule has 3 aromatic rings. The minimum Gasteiger partial charge on any atom is -0.493 e. The molecule has 0 aliphatic carbocycles. The molecular weight excluding hydrogens is 394 g/mol. The van der Waals surface area contributed by atoms with Gasteiger partial charge in [-0.1, -0.05) is 6.92 Å². The van der Waals surface area contributed by atoms with Crippen LogP contribution in [0.5, 0.6) is 17.2 Å². The van der Waals surface area contributed by atoms with Crippen molar-refractivity contribution in [2.45, 2.75) is 32.2 Å². The predicted molar refractivity (Wildman–Crippen MR) is 121 cm³/mol. The fraction of sp³-hybridized carbons (Fsp3) is 0.375. The van der Waals surface area contributed by atoms with Gasteiger partial charge < -0.3 is 29.4 Å². The zero-order valence-electron chi connectivity index (χ0n) is 18.5. The number of nitrogens with one attached hydrogen (secondary N) is 2. The average Bonchev–Trinajstić information content (AvgIpc) is 3.45. The molecule has 7 heteroatoms. The summed E-state index contributed by atoms with van der Waals surface area (Å²) in [5, 5.41) is 4.36. The van der Waals surface area contributed by atoms with E-state index in [1.807, 2.05) is 17.0 Å². The molecule has 0 saturated carbocycles. The van der Waals surface area contributed by atoms with Crippen LogP contribution in [0.1, 0.15) is 41.4 Å². The second kappa shape index (κ2) is 7.11. The van der Waals surface area contributed by atoms with Crippen LogP contribution >= 0.6 is 0 Å². The van der Waals surface area contributed by atoms with E-state index in [0.717, 1.165) is 17.5 Å². The van der Waals surface area contributed by atoms with Crippen molar-refractivity contribution in [3.8, 4) is 17.2 Å². The number of rotatable bonds is 4. The number of H-pyrrole nitrogens is 1. The fourth-order valence-electron chi connectivity index (χ4n) is 5.08. The van der Waals surface area contributed by atoms with Crippen LogP contribution in [0.25, 0.3) is 10.9 Å². The number of hydrogen-bond donors (Lipinski definition) is 2. The number of carbonyl (C=O) groups excluding carboxylic acids is 1. The van der Waals surface area contributed by atoms with Gasteiger partial charge in [0.05, 0.1) is 26.8 Å². The molecule has 0 fully saturated rings. The quantitative estimate of drug-likeness (QED) is 0.656. The number of anilines is 2. The highest BCUT2D eigenvalue weighted by Gasteiger charge is 2.36. The molecule has 2 aliphatic rings. The van der Waals surface area contributed by atoms with Crippen molar-refractivity contribution in [2.75, 3.05) is 38.1 Å². The Labute approximate surface area is 181 Å². The Morgan fingerprint density at radius 2 is 1.84 bits per heavy atom. The summed E-state index contributed by atoms with van der Waals surface area (Å²) in [4.78, 5) is 18.7. The van der Waals surface area contributed by atoms with E-state index in [1.54, 1.807) is 21.3 Å². The van der Waals surface area contributed by atoms with E-state index in [-0.39, 0.29) is 5.91 Å². The van der Waals surface area contributed by atoms with Gasteiger partial charge in [0.1, 0.15) is 5.69 Å². The van der Waals surface area contributed by atoms with Gasteiger partial charge in [-0.15, -0.1) is 0 Å². The third-order valence-electron chi connectivity index (χ3n) is 6.38. The number of methoxy groups -OCH3 is 3. The molecule has 0 saturated heterocycles. The van der Waals surface area contributed by atoms with Crippen LogP contribution in [-0.4, -0.2) is 44.8 Å². The lowest BCUT2D eigenvalue weighted by Gasteiger charge is -2.17. The Kier molecular flexibility index (Phi) is 4.50. The standard InChI is InChI=1S/C24H27N3O4/c1-12-11-27(18-7-6-16-15(20(12)18)8-13(2)25-16)24(28)17-9-14-10-19(29-3)22(30-4)23(31-5)21(14)26-17/h6-7,9-10,12-13,25-26H,8,11H2,1-5H3. The summed E-state index contributed by atoms with van der Waals surface area (Å²) in [6.45, 7) is 5.05. The van der Waals surface area contributed by atoms with Crippen molar-refractivity contribution in [3.05, 3.63) is 41.1 Å². The van der Waals surface area contributed by atoms with Crippen LogP contribution in [0.3, 0.4) is 0 Å². The first-order chi connectivity index (χ1) is 15.0. The summed E-state index contributed by atoms with van der Waals surface area (Å²) < 4.78 is 16.5. The van der Waals surface area contributed by atoms with Gasteiger partial charge in [0.2, 0.25) is 5.75 Å². The Morgan fingerprint density at radius 1 is 1.06 bits per heavy atom. The van der Waals surface area contributed by atoms with Gasteiger partial charge in [0.15, 0.2) is 11.5 Å². The van der Waals surface area contributed by atoms with E-state index in [2.05, 4.69) is 36.3 Å². The van der Waals surface area contributed by atoms with E-state index in [0.29, 0.717) is 47.0 Å². The Hall–Kier alpha value is -3.35. The van der Waals surface area contributed by atoms with Crippen LogP contribution in [0.4, 0.5) is 11.4 Å². The SMILES string of the molecule is COc1cc2cc(C(=O)N3CC(C)c4c3ccc3c4CC(C)N3)[nH]c2c(OC)c1OC. The van der Waals surface area contributed by atoms with Crippen molar-refractivity contribution in [2.24, 2.45) is 0 Å². The number of hydrogen-bond acceptors (Lipinski definition) is 5. The maximum Gasteiger partial charge on any atom is 0.274 e. The minimum absolute atomic E-state index is 0.0549. The smallest absolute Gasteiger partial charge is 0.274 e. The molecule has 2 N–H and O–H groups in total. The monoisotopic (exact) mass is 421 g/mol. The normalized spacial score (nSPS) is 19.2. The summed E-state index contributed by atoms with van der Waals surface area (Å²) in [6, 6.07) is 8.28. The van der Waals surface area contributed by atoms with Crippen molar-refractivity contribution in [1.29, 1.82) is 0 Å². The molecule has 162 valence electrons. The van der Waals surface area contributed by atoms with Crippen LogP contribution in [0.15, 0.2) is 24.3 Å². The molecule has 7 nitrogen and oxygen atoms in total. The van der Waals surface area contributed by atoms with Crippen LogP contribution in [0.2, 0.25) is 0 Å². The maximum atomic E-state index is 13.6. The van der Waals surface area contributed by atoms with Crippen LogP contribution < -0.4 is 24.4 Å². The van der Waals surface area contributed by atoms with Gasteiger partial charge in [-0.25, -0.2) is 0 Å². The molecular formula is C24H27N3O4. The van der Waals surface area contributed by atoms with Gasteiger partial charge in [0.25, 0.3) is 5.91 Å². The molecule has 2 unspecified atom stereocenters. The van der Waals surface area contributed by atoms with E-state index in [1.165, 1.54) is 16.8 Å². The lowest BCUT2D eigenvalue weighted by atomic mass is 9.95. The van der Waals surface area contributed by atoms with Gasteiger partial charge in [-0.3, -0.25) is 4.79 Å². The molecule has 1 amide bonds. The molecule has 2 atom stereocenters. The molecule has 2 aromatic carbocycles. The summed E-state index contributed by atoms with van der Waals surface area (Å²) in [5.41, 5.74) is 6.06. The number of nitrogens with zero attached hydrogens (tertiary/aromatic N) is 1. The van der Waals surface area contributed by atoms with Gasteiger partial charge in [-0.2, -0.15) is 0 Å². The number of carbonyl (C=O) groups is 1. The highest BCUT2D eigenvalue weighted by molar-refractivity contribution is 6.10. The molecule has 0 radical (unpaired) electrons. The summed E-state index contributed by atoms with van der Waals surface area (Å²) in [5.74, 6) is 1.81. The fourth-order valence-corrected chi connectivity index (χ4v) is 5.08.